The highest BCUT2D eigenvalue weighted by Gasteiger charge is 2.19. The quantitative estimate of drug-likeness (QED) is 0.840. The number of hydrogen-bond donors (Lipinski definition) is 2. The number of nitrogens with two attached hydrogens (primary N) is 1. The SMILES string of the molecule is COc1cc(C#N)ccc1NS(=O)(=O)c1ccccc1N. The molecule has 0 saturated carbocycles. The third-order valence-electron chi connectivity index (χ3n) is 2.78. The standard InChI is InChI=1S/C14H13N3O3S/c1-20-13-8-10(9-15)6-7-12(13)17-21(18,19)14-5-3-2-4-11(14)16/h2-8,17H,16H2,1H3. The van der Waals surface area contributed by atoms with Crippen LogP contribution in [0.15, 0.2) is 47.4 Å². The molecule has 3 N–H and O–H groups in total. The summed E-state index contributed by atoms with van der Waals surface area (Å²) in [5, 5.41) is 8.83. The van der Waals surface area contributed by atoms with E-state index in [9.17, 15) is 8.42 Å². The number of rotatable bonds is 4. The van der Waals surface area contributed by atoms with E-state index in [1.54, 1.807) is 12.1 Å². The van der Waals surface area contributed by atoms with Gasteiger partial charge in [0.2, 0.25) is 0 Å². The van der Waals surface area contributed by atoms with Crippen LogP contribution in [0, 0.1) is 11.3 Å². The van der Waals surface area contributed by atoms with Crippen molar-refractivity contribution in [1.82, 2.24) is 0 Å². The first kappa shape index (κ1) is 14.7. The van der Waals surface area contributed by atoms with E-state index in [1.165, 1.54) is 37.4 Å². The van der Waals surface area contributed by atoms with Gasteiger partial charge in [-0.1, -0.05) is 12.1 Å². The van der Waals surface area contributed by atoms with Crippen molar-refractivity contribution in [3.63, 3.8) is 0 Å². The number of para-hydroxylation sites is 1. The Labute approximate surface area is 122 Å². The van der Waals surface area contributed by atoms with Crippen molar-refractivity contribution >= 4 is 21.4 Å². The van der Waals surface area contributed by atoms with Crippen molar-refractivity contribution in [2.75, 3.05) is 17.6 Å². The molecule has 108 valence electrons. The number of nitrogens with zero attached hydrogens (tertiary/aromatic N) is 1. The minimum absolute atomic E-state index is 0.0172. The number of benzene rings is 2. The van der Waals surface area contributed by atoms with Gasteiger partial charge >= 0.3 is 0 Å². The summed E-state index contributed by atoms with van der Waals surface area (Å²) in [4.78, 5) is -0.0172. The minimum atomic E-state index is -3.83. The highest BCUT2D eigenvalue weighted by atomic mass is 32.2. The van der Waals surface area contributed by atoms with E-state index in [4.69, 9.17) is 15.7 Å². The molecule has 0 atom stereocenters. The van der Waals surface area contributed by atoms with E-state index in [-0.39, 0.29) is 22.0 Å². The van der Waals surface area contributed by atoms with E-state index >= 15 is 0 Å². The largest absolute Gasteiger partial charge is 0.495 e. The molecule has 0 fully saturated rings. The van der Waals surface area contributed by atoms with Gasteiger partial charge in [-0.2, -0.15) is 5.26 Å². The van der Waals surface area contributed by atoms with Crippen LogP contribution < -0.4 is 15.2 Å². The number of anilines is 2. The van der Waals surface area contributed by atoms with Gasteiger partial charge in [0.25, 0.3) is 10.0 Å². The lowest BCUT2D eigenvalue weighted by Crippen LogP contribution is -2.15. The normalized spacial score (nSPS) is 10.7. The Kier molecular flexibility index (Phi) is 4.00. The van der Waals surface area contributed by atoms with E-state index < -0.39 is 10.0 Å². The van der Waals surface area contributed by atoms with E-state index in [0.29, 0.717) is 5.56 Å². The summed E-state index contributed by atoms with van der Waals surface area (Å²) < 4.78 is 32.2. The first-order valence-electron chi connectivity index (χ1n) is 5.93. The molecule has 0 aromatic heterocycles. The summed E-state index contributed by atoms with van der Waals surface area (Å²) in [7, 11) is -2.44. The molecule has 2 rings (SSSR count). The molecular weight excluding hydrogens is 290 g/mol. The fourth-order valence-corrected chi connectivity index (χ4v) is 2.97. The number of methoxy groups -OCH3 is 1. The van der Waals surface area contributed by atoms with Gasteiger partial charge in [0.05, 0.1) is 30.1 Å². The number of nitrogen functional groups attached to an aromatic ring is 1. The number of sulfonamides is 1. The van der Waals surface area contributed by atoms with E-state index in [2.05, 4.69) is 4.72 Å². The van der Waals surface area contributed by atoms with E-state index in [1.807, 2.05) is 6.07 Å². The molecule has 0 radical (unpaired) electrons. The van der Waals surface area contributed by atoms with E-state index in [0.717, 1.165) is 0 Å². The molecule has 2 aromatic rings. The predicted molar refractivity (Wildman–Crippen MR) is 79.4 cm³/mol. The molecule has 0 unspecified atom stereocenters. The van der Waals surface area contributed by atoms with Crippen molar-refractivity contribution < 1.29 is 13.2 Å². The van der Waals surface area contributed by atoms with Gasteiger partial charge in [-0.3, -0.25) is 4.72 Å². The molecule has 0 saturated heterocycles. The van der Waals surface area contributed by atoms with Crippen LogP contribution in [0.4, 0.5) is 11.4 Å². The summed E-state index contributed by atoms with van der Waals surface area (Å²) in [6.07, 6.45) is 0. The molecule has 6 nitrogen and oxygen atoms in total. The Balaban J connectivity index is 2.42. The second kappa shape index (κ2) is 5.73. The Morgan fingerprint density at radius 3 is 2.57 bits per heavy atom. The molecule has 7 heteroatoms. The molecule has 21 heavy (non-hydrogen) atoms. The van der Waals surface area contributed by atoms with Crippen LogP contribution in [-0.2, 0) is 10.0 Å². The van der Waals surface area contributed by atoms with Crippen molar-refractivity contribution in [1.29, 1.82) is 5.26 Å². The van der Waals surface area contributed by atoms with Crippen LogP contribution in [0.25, 0.3) is 0 Å². The number of ether oxygens (including phenoxy) is 1. The van der Waals surface area contributed by atoms with Crippen LogP contribution in [0.1, 0.15) is 5.56 Å². The molecule has 0 heterocycles. The summed E-state index contributed by atoms with van der Waals surface area (Å²) in [6.45, 7) is 0. The van der Waals surface area contributed by atoms with Crippen LogP contribution >= 0.6 is 0 Å². The zero-order chi connectivity index (χ0) is 15.5. The maximum Gasteiger partial charge on any atom is 0.264 e. The second-order valence-electron chi connectivity index (χ2n) is 4.17. The molecule has 0 bridgehead atoms. The fraction of sp³-hybridized carbons (Fsp3) is 0.0714. The highest BCUT2D eigenvalue weighted by Crippen LogP contribution is 2.29. The Morgan fingerprint density at radius 2 is 1.95 bits per heavy atom. The zero-order valence-corrected chi connectivity index (χ0v) is 12.0. The van der Waals surface area contributed by atoms with Gasteiger partial charge < -0.3 is 10.5 Å². The topological polar surface area (TPSA) is 105 Å². The number of nitriles is 1. The lowest BCUT2D eigenvalue weighted by molar-refractivity contribution is 0.416. The average Bonchev–Trinajstić information content (AvgIpc) is 2.47. The monoisotopic (exact) mass is 303 g/mol. The van der Waals surface area contributed by atoms with Gasteiger partial charge in [0, 0.05) is 6.07 Å². The number of hydrogen-bond acceptors (Lipinski definition) is 5. The third-order valence-corrected chi connectivity index (χ3v) is 4.22. The van der Waals surface area contributed by atoms with Crippen LogP contribution in [0.5, 0.6) is 5.75 Å². The van der Waals surface area contributed by atoms with Gasteiger partial charge in [-0.05, 0) is 24.3 Å². The summed E-state index contributed by atoms with van der Waals surface area (Å²) >= 11 is 0. The van der Waals surface area contributed by atoms with Crippen LogP contribution in [0.3, 0.4) is 0 Å². The Hall–Kier alpha value is -2.72. The van der Waals surface area contributed by atoms with Gasteiger partial charge in [-0.15, -0.1) is 0 Å². The van der Waals surface area contributed by atoms with Crippen LogP contribution in [0.2, 0.25) is 0 Å². The van der Waals surface area contributed by atoms with Gasteiger partial charge in [0.1, 0.15) is 10.6 Å². The zero-order valence-electron chi connectivity index (χ0n) is 11.2. The van der Waals surface area contributed by atoms with Crippen LogP contribution in [-0.4, -0.2) is 15.5 Å². The van der Waals surface area contributed by atoms with Crippen molar-refractivity contribution in [3.05, 3.63) is 48.0 Å². The smallest absolute Gasteiger partial charge is 0.264 e. The molecule has 0 aliphatic carbocycles. The van der Waals surface area contributed by atoms with Gasteiger partial charge in [0.15, 0.2) is 0 Å². The maximum absolute atomic E-state index is 12.3. The minimum Gasteiger partial charge on any atom is -0.495 e. The first-order valence-corrected chi connectivity index (χ1v) is 7.41. The predicted octanol–water partition coefficient (Wildman–Crippen LogP) is 1.95. The molecule has 2 aromatic carbocycles. The van der Waals surface area contributed by atoms with Crippen molar-refractivity contribution in [3.8, 4) is 11.8 Å². The Bertz CT molecular complexity index is 810. The molecule has 0 aliphatic heterocycles. The average molecular weight is 303 g/mol. The summed E-state index contributed by atoms with van der Waals surface area (Å²) in [5.41, 5.74) is 6.44. The third kappa shape index (κ3) is 3.07. The highest BCUT2D eigenvalue weighted by molar-refractivity contribution is 7.92. The molecular formula is C14H13N3O3S. The summed E-state index contributed by atoms with van der Waals surface area (Å²) in [5.74, 6) is 0.257. The van der Waals surface area contributed by atoms with Crippen molar-refractivity contribution in [2.45, 2.75) is 4.90 Å². The molecule has 0 spiro atoms. The van der Waals surface area contributed by atoms with Gasteiger partial charge in [-0.25, -0.2) is 8.42 Å². The Morgan fingerprint density at radius 1 is 1.24 bits per heavy atom. The first-order chi connectivity index (χ1) is 9.97. The maximum atomic E-state index is 12.3. The summed E-state index contributed by atoms with van der Waals surface area (Å²) in [6, 6.07) is 12.5. The molecule has 0 aliphatic rings. The van der Waals surface area contributed by atoms with Crippen molar-refractivity contribution in [2.24, 2.45) is 0 Å². The second-order valence-corrected chi connectivity index (χ2v) is 5.82. The number of nitrogens with one attached hydrogen (secondary N) is 1. The lowest BCUT2D eigenvalue weighted by atomic mass is 10.2. The lowest BCUT2D eigenvalue weighted by Gasteiger charge is -2.13. The fourth-order valence-electron chi connectivity index (χ4n) is 1.77. The molecule has 0 amide bonds.